The number of hydrogen-bond donors (Lipinski definition) is 3. The summed E-state index contributed by atoms with van der Waals surface area (Å²) in [5.74, 6) is -6.10. The number of amides is 2. The molecule has 0 unspecified atom stereocenters. The highest BCUT2D eigenvalue weighted by Gasteiger charge is 2.39. The standard InChI is InChI=1S/C26H25Cl2FN8O3.2C2HF3O2/c1-33-4-6-34(7-5-33)26(40)23-32-31-21-14-35(8-9-36(21)23)25(39)17-11-15(2-3-19(17)29)10-16-13-30-24(38)20-12-18(27)22(28)37(16)20;2*3-2(4,5)1(6)7/h2-3,11-13H,4-10,14H2,1H3,(H,30,38);2*(H,6,7). The predicted molar refractivity (Wildman–Crippen MR) is 173 cm³/mol. The normalized spacial score (nSPS) is 14.8. The molecular weight excluding hydrogens is 788 g/mol. The van der Waals surface area contributed by atoms with Crippen LogP contribution in [-0.2, 0) is 29.1 Å². The van der Waals surface area contributed by atoms with Crippen LogP contribution in [0.2, 0.25) is 10.2 Å². The van der Waals surface area contributed by atoms with E-state index in [1.54, 1.807) is 15.5 Å². The third-order valence-corrected chi connectivity index (χ3v) is 8.70. The van der Waals surface area contributed by atoms with Crippen LogP contribution in [0.4, 0.5) is 30.7 Å². The zero-order chi connectivity index (χ0) is 40.3. The molecule has 0 saturated carbocycles. The molecule has 1 aromatic carbocycles. The van der Waals surface area contributed by atoms with Crippen LogP contribution in [0.3, 0.4) is 0 Å². The molecule has 0 radical (unpaired) electrons. The lowest BCUT2D eigenvalue weighted by molar-refractivity contribution is -0.193. The van der Waals surface area contributed by atoms with Gasteiger partial charge in [-0.15, -0.1) is 10.2 Å². The summed E-state index contributed by atoms with van der Waals surface area (Å²) in [6, 6.07) is 5.79. The molecule has 2 aliphatic rings. The van der Waals surface area contributed by atoms with Crippen molar-refractivity contribution >= 4 is 52.5 Å². The number of carboxylic acid groups (broad SMARTS) is 2. The van der Waals surface area contributed by atoms with E-state index >= 15 is 0 Å². The molecule has 54 heavy (non-hydrogen) atoms. The van der Waals surface area contributed by atoms with Crippen molar-refractivity contribution in [2.45, 2.75) is 31.9 Å². The number of carbonyl (C=O) groups excluding carboxylic acids is 2. The van der Waals surface area contributed by atoms with Gasteiger partial charge in [-0.05, 0) is 30.8 Å². The Bertz CT molecular complexity index is 2100. The van der Waals surface area contributed by atoms with E-state index in [2.05, 4.69) is 20.1 Å². The van der Waals surface area contributed by atoms with Crippen molar-refractivity contribution in [2.24, 2.45) is 0 Å². The summed E-state index contributed by atoms with van der Waals surface area (Å²) in [4.78, 5) is 64.5. The second kappa shape index (κ2) is 16.4. The number of aromatic nitrogens is 5. The number of rotatable bonds is 4. The van der Waals surface area contributed by atoms with Crippen molar-refractivity contribution in [1.82, 2.24) is 38.8 Å². The molecule has 5 heterocycles. The van der Waals surface area contributed by atoms with E-state index in [1.165, 1.54) is 33.7 Å². The molecule has 0 bridgehead atoms. The Morgan fingerprint density at radius 3 is 2.00 bits per heavy atom. The van der Waals surface area contributed by atoms with Crippen molar-refractivity contribution in [2.75, 3.05) is 39.8 Å². The highest BCUT2D eigenvalue weighted by molar-refractivity contribution is 6.42. The number of nitrogens with zero attached hydrogens (tertiary/aromatic N) is 7. The molecule has 1 saturated heterocycles. The number of carbonyl (C=O) groups is 4. The quantitative estimate of drug-likeness (QED) is 0.257. The maximum Gasteiger partial charge on any atom is 0.490 e. The number of halogens is 9. The molecule has 15 nitrogen and oxygen atoms in total. The van der Waals surface area contributed by atoms with E-state index in [1.807, 2.05) is 7.05 Å². The second-order valence-electron chi connectivity index (χ2n) is 11.6. The number of nitrogens with one attached hydrogen (secondary N) is 1. The van der Waals surface area contributed by atoms with E-state index < -0.39 is 36.0 Å². The zero-order valence-corrected chi connectivity index (χ0v) is 29.0. The SMILES string of the molecule is CN1CCN(C(=O)c2nnc3n2CCN(C(=O)c2cc(Cc4c[nH]c(=O)c5cc(Cl)c(Cl)n45)ccc2F)C3)CC1.O=C(O)C(F)(F)F.O=C(O)C(F)(F)F. The van der Waals surface area contributed by atoms with Gasteiger partial charge in [0.15, 0.2) is 5.82 Å². The number of alkyl halides is 6. The summed E-state index contributed by atoms with van der Waals surface area (Å²) in [6.07, 6.45) is -8.40. The van der Waals surface area contributed by atoms with Crippen molar-refractivity contribution in [3.05, 3.63) is 85.3 Å². The van der Waals surface area contributed by atoms with E-state index in [0.717, 1.165) is 13.1 Å². The summed E-state index contributed by atoms with van der Waals surface area (Å²) in [6.45, 7) is 3.51. The highest BCUT2D eigenvalue weighted by Crippen LogP contribution is 2.27. The third kappa shape index (κ3) is 9.65. The van der Waals surface area contributed by atoms with Crippen LogP contribution >= 0.6 is 23.2 Å². The molecule has 24 heteroatoms. The molecule has 6 rings (SSSR count). The first-order valence-electron chi connectivity index (χ1n) is 15.2. The number of fused-ring (bicyclic) bond motifs is 2. The number of benzene rings is 1. The summed E-state index contributed by atoms with van der Waals surface area (Å²) >= 11 is 12.5. The molecule has 2 aliphatic heterocycles. The van der Waals surface area contributed by atoms with Gasteiger partial charge < -0.3 is 34.5 Å². The number of likely N-dealkylation sites (N-methyl/N-ethyl adjacent to an activating group) is 1. The van der Waals surface area contributed by atoms with E-state index in [4.69, 9.17) is 43.0 Å². The van der Waals surface area contributed by atoms with Gasteiger partial charge in [0, 0.05) is 57.6 Å². The number of aromatic amines is 1. The molecular formula is C30H27Cl2F7N8O7. The number of carboxylic acids is 2. The molecule has 3 aromatic heterocycles. The molecule has 4 aromatic rings. The van der Waals surface area contributed by atoms with Gasteiger partial charge in [0.25, 0.3) is 17.4 Å². The van der Waals surface area contributed by atoms with Crippen molar-refractivity contribution in [3.8, 4) is 0 Å². The molecule has 0 spiro atoms. The minimum atomic E-state index is -5.08. The van der Waals surface area contributed by atoms with Gasteiger partial charge in [-0.2, -0.15) is 26.3 Å². The second-order valence-corrected chi connectivity index (χ2v) is 12.4. The average Bonchev–Trinajstić information content (AvgIpc) is 3.66. The molecule has 0 aliphatic carbocycles. The van der Waals surface area contributed by atoms with Crippen LogP contribution in [-0.4, -0.2) is 125 Å². The largest absolute Gasteiger partial charge is 0.490 e. The fourth-order valence-electron chi connectivity index (χ4n) is 5.19. The van der Waals surface area contributed by atoms with Crippen LogP contribution in [0.1, 0.15) is 38.1 Å². The Balaban J connectivity index is 0.000000396. The molecule has 3 N–H and O–H groups in total. The first-order valence-corrected chi connectivity index (χ1v) is 16.0. The first-order chi connectivity index (χ1) is 25.1. The van der Waals surface area contributed by atoms with Gasteiger partial charge >= 0.3 is 24.3 Å². The monoisotopic (exact) mass is 814 g/mol. The number of hydrogen-bond acceptors (Lipinski definition) is 8. The first kappa shape index (κ1) is 41.5. The van der Waals surface area contributed by atoms with Crippen LogP contribution in [0.25, 0.3) is 5.52 Å². The highest BCUT2D eigenvalue weighted by atomic mass is 35.5. The third-order valence-electron chi connectivity index (χ3n) is 7.94. The average molecular weight is 815 g/mol. The van der Waals surface area contributed by atoms with Gasteiger partial charge in [0.05, 0.1) is 17.1 Å². The Kier molecular flexibility index (Phi) is 12.6. The zero-order valence-electron chi connectivity index (χ0n) is 27.5. The van der Waals surface area contributed by atoms with Crippen molar-refractivity contribution in [1.29, 1.82) is 0 Å². The Labute approximate surface area is 308 Å². The van der Waals surface area contributed by atoms with Crippen LogP contribution in [0.15, 0.2) is 35.3 Å². The lowest BCUT2D eigenvalue weighted by Crippen LogP contribution is -2.48. The van der Waals surface area contributed by atoms with Crippen molar-refractivity contribution in [3.63, 3.8) is 0 Å². The summed E-state index contributed by atoms with van der Waals surface area (Å²) < 4.78 is 81.6. The van der Waals surface area contributed by atoms with E-state index in [9.17, 15) is 45.1 Å². The fraction of sp³-hybridized carbons (Fsp3) is 0.367. The number of aliphatic carboxylic acids is 2. The van der Waals surface area contributed by atoms with Crippen LogP contribution < -0.4 is 5.56 Å². The minimum Gasteiger partial charge on any atom is -0.475 e. The van der Waals surface area contributed by atoms with Crippen LogP contribution in [0.5, 0.6) is 0 Å². The van der Waals surface area contributed by atoms with Gasteiger partial charge in [-0.3, -0.25) is 18.8 Å². The topological polar surface area (TPSA) is 186 Å². The van der Waals surface area contributed by atoms with Gasteiger partial charge in [-0.25, -0.2) is 14.0 Å². The lowest BCUT2D eigenvalue weighted by atomic mass is 10.0. The molecule has 292 valence electrons. The number of piperazine rings is 1. The van der Waals surface area contributed by atoms with Gasteiger partial charge in [0.1, 0.15) is 16.5 Å². The molecule has 1 fully saturated rings. The minimum absolute atomic E-state index is 0.0866. The Hall–Kier alpha value is -5.22. The molecule has 0 atom stereocenters. The summed E-state index contributed by atoms with van der Waals surface area (Å²) in [5.41, 5.74) is 1.10. The van der Waals surface area contributed by atoms with E-state index in [-0.39, 0.29) is 58.1 Å². The Morgan fingerprint density at radius 2 is 1.43 bits per heavy atom. The van der Waals surface area contributed by atoms with Crippen molar-refractivity contribution < 1.29 is 60.1 Å². The lowest BCUT2D eigenvalue weighted by Gasteiger charge is -2.32. The smallest absolute Gasteiger partial charge is 0.475 e. The number of H-pyrrole nitrogens is 1. The summed E-state index contributed by atoms with van der Waals surface area (Å²) in [5, 5.41) is 23.0. The molecule has 2 amide bonds. The van der Waals surface area contributed by atoms with Gasteiger partial charge in [0.2, 0.25) is 5.82 Å². The summed E-state index contributed by atoms with van der Waals surface area (Å²) in [7, 11) is 2.01. The maximum absolute atomic E-state index is 14.9. The van der Waals surface area contributed by atoms with Gasteiger partial charge in [-0.1, -0.05) is 29.3 Å². The van der Waals surface area contributed by atoms with Crippen LogP contribution in [0, 0.1) is 5.82 Å². The van der Waals surface area contributed by atoms with E-state index in [0.29, 0.717) is 36.7 Å². The fourth-order valence-corrected chi connectivity index (χ4v) is 5.63. The maximum atomic E-state index is 14.9. The predicted octanol–water partition coefficient (Wildman–Crippen LogP) is 3.57. The Morgan fingerprint density at radius 1 is 0.852 bits per heavy atom.